The van der Waals surface area contributed by atoms with Gasteiger partial charge in [0.05, 0.1) is 11.7 Å². The van der Waals surface area contributed by atoms with Gasteiger partial charge >= 0.3 is 0 Å². The molecule has 88 valence electrons. The van der Waals surface area contributed by atoms with Gasteiger partial charge in [0.1, 0.15) is 0 Å². The molecule has 0 saturated carbocycles. The summed E-state index contributed by atoms with van der Waals surface area (Å²) in [5, 5.41) is 3.46. The van der Waals surface area contributed by atoms with Gasteiger partial charge in [-0.3, -0.25) is 4.98 Å². The molecule has 2 nitrogen and oxygen atoms in total. The molecule has 0 amide bonds. The van der Waals surface area contributed by atoms with E-state index in [4.69, 9.17) is 0 Å². The van der Waals surface area contributed by atoms with E-state index in [1.165, 1.54) is 43.4 Å². The Labute approximate surface area is 98.5 Å². The highest BCUT2D eigenvalue weighted by Gasteiger charge is 2.28. The van der Waals surface area contributed by atoms with Crippen LogP contribution in [0.15, 0.2) is 18.3 Å². The van der Waals surface area contributed by atoms with Crippen molar-refractivity contribution in [2.75, 3.05) is 7.05 Å². The van der Waals surface area contributed by atoms with E-state index in [2.05, 4.69) is 36.4 Å². The number of hydrogen-bond acceptors (Lipinski definition) is 2. The van der Waals surface area contributed by atoms with Gasteiger partial charge in [0.25, 0.3) is 0 Å². The molecule has 0 bridgehead atoms. The first-order valence-corrected chi connectivity index (χ1v) is 6.47. The molecule has 1 aromatic rings. The summed E-state index contributed by atoms with van der Waals surface area (Å²) in [5.41, 5.74) is 2.73. The zero-order chi connectivity index (χ0) is 11.4. The number of rotatable bonds is 4. The van der Waals surface area contributed by atoms with Crippen LogP contribution in [-0.4, -0.2) is 12.0 Å². The fourth-order valence-electron chi connectivity index (χ4n) is 2.82. The molecule has 0 spiro atoms. The highest BCUT2D eigenvalue weighted by molar-refractivity contribution is 5.26. The molecule has 1 aliphatic rings. The van der Waals surface area contributed by atoms with Gasteiger partial charge in [-0.05, 0) is 43.9 Å². The second-order valence-electron chi connectivity index (χ2n) is 4.76. The molecular formula is C14H22N2. The van der Waals surface area contributed by atoms with Crippen molar-refractivity contribution in [2.24, 2.45) is 5.92 Å². The van der Waals surface area contributed by atoms with Crippen molar-refractivity contribution < 1.29 is 0 Å². The summed E-state index contributed by atoms with van der Waals surface area (Å²) in [6.45, 7) is 2.27. The van der Waals surface area contributed by atoms with Crippen LogP contribution in [0, 0.1) is 5.92 Å². The van der Waals surface area contributed by atoms with Crippen LogP contribution in [0.2, 0.25) is 0 Å². The molecule has 0 aromatic carbocycles. The molecule has 2 atom stereocenters. The van der Waals surface area contributed by atoms with Gasteiger partial charge in [-0.1, -0.05) is 25.8 Å². The first-order chi connectivity index (χ1) is 7.86. The lowest BCUT2D eigenvalue weighted by Gasteiger charge is -2.32. The Kier molecular flexibility index (Phi) is 3.94. The number of fused-ring (bicyclic) bond motifs is 1. The summed E-state index contributed by atoms with van der Waals surface area (Å²) in [4.78, 5) is 4.57. The van der Waals surface area contributed by atoms with Crippen LogP contribution in [0.4, 0.5) is 0 Å². The molecule has 2 heteroatoms. The van der Waals surface area contributed by atoms with Crippen molar-refractivity contribution in [2.45, 2.75) is 45.1 Å². The second-order valence-corrected chi connectivity index (χ2v) is 4.76. The third-order valence-corrected chi connectivity index (χ3v) is 3.72. The number of unbranched alkanes of at least 4 members (excludes halogenated alkanes) is 1. The van der Waals surface area contributed by atoms with E-state index < -0.39 is 0 Å². The summed E-state index contributed by atoms with van der Waals surface area (Å²) in [5.74, 6) is 0.771. The summed E-state index contributed by atoms with van der Waals surface area (Å²) >= 11 is 0. The van der Waals surface area contributed by atoms with E-state index >= 15 is 0 Å². The maximum atomic E-state index is 4.57. The van der Waals surface area contributed by atoms with Crippen LogP contribution >= 0.6 is 0 Å². The lowest BCUT2D eigenvalue weighted by atomic mass is 9.80. The van der Waals surface area contributed by atoms with Crippen molar-refractivity contribution in [3.05, 3.63) is 29.6 Å². The Morgan fingerprint density at radius 2 is 2.38 bits per heavy atom. The smallest absolute Gasteiger partial charge is 0.0607 e. The van der Waals surface area contributed by atoms with Crippen LogP contribution in [0.5, 0.6) is 0 Å². The predicted octanol–water partition coefficient (Wildman–Crippen LogP) is 3.09. The van der Waals surface area contributed by atoms with Crippen LogP contribution in [0.3, 0.4) is 0 Å². The third kappa shape index (κ3) is 2.27. The van der Waals surface area contributed by atoms with Crippen molar-refractivity contribution in [3.63, 3.8) is 0 Å². The normalized spacial score (nSPS) is 24.1. The molecule has 1 N–H and O–H groups in total. The van der Waals surface area contributed by atoms with Gasteiger partial charge in [0.2, 0.25) is 0 Å². The van der Waals surface area contributed by atoms with E-state index in [0.717, 1.165) is 5.92 Å². The van der Waals surface area contributed by atoms with Crippen molar-refractivity contribution in [1.29, 1.82) is 0 Å². The predicted molar refractivity (Wildman–Crippen MR) is 67.4 cm³/mol. The molecule has 0 radical (unpaired) electrons. The van der Waals surface area contributed by atoms with E-state index in [9.17, 15) is 0 Å². The monoisotopic (exact) mass is 218 g/mol. The molecule has 1 aliphatic carbocycles. The van der Waals surface area contributed by atoms with Gasteiger partial charge in [-0.25, -0.2) is 0 Å². The molecule has 1 heterocycles. The summed E-state index contributed by atoms with van der Waals surface area (Å²) in [6, 6.07) is 4.75. The molecule has 16 heavy (non-hydrogen) atoms. The molecule has 0 fully saturated rings. The lowest BCUT2D eigenvalue weighted by Crippen LogP contribution is -2.31. The van der Waals surface area contributed by atoms with E-state index in [1.807, 2.05) is 6.20 Å². The minimum Gasteiger partial charge on any atom is -0.311 e. The average molecular weight is 218 g/mol. The Morgan fingerprint density at radius 1 is 1.50 bits per heavy atom. The lowest BCUT2D eigenvalue weighted by molar-refractivity contribution is 0.304. The first kappa shape index (κ1) is 11.6. The minimum absolute atomic E-state index is 0.469. The van der Waals surface area contributed by atoms with Gasteiger partial charge in [0.15, 0.2) is 0 Å². The van der Waals surface area contributed by atoms with Gasteiger partial charge in [-0.2, -0.15) is 0 Å². The van der Waals surface area contributed by atoms with Crippen LogP contribution in [0.25, 0.3) is 0 Å². The van der Waals surface area contributed by atoms with Crippen molar-refractivity contribution in [1.82, 2.24) is 10.3 Å². The topological polar surface area (TPSA) is 24.9 Å². The fraction of sp³-hybridized carbons (Fsp3) is 0.643. The largest absolute Gasteiger partial charge is 0.311 e. The van der Waals surface area contributed by atoms with Gasteiger partial charge in [0, 0.05) is 6.20 Å². The quantitative estimate of drug-likeness (QED) is 0.840. The zero-order valence-electron chi connectivity index (χ0n) is 10.4. The summed E-state index contributed by atoms with van der Waals surface area (Å²) < 4.78 is 0. The third-order valence-electron chi connectivity index (χ3n) is 3.72. The SMILES string of the molecule is CCCC[C@H]1CCc2cccnc2[C@H]1NC. The number of pyridine rings is 1. The Balaban J connectivity index is 2.16. The van der Waals surface area contributed by atoms with E-state index in [-0.39, 0.29) is 0 Å². The molecular weight excluding hydrogens is 196 g/mol. The fourth-order valence-corrected chi connectivity index (χ4v) is 2.82. The first-order valence-electron chi connectivity index (χ1n) is 6.47. The number of aromatic nitrogens is 1. The van der Waals surface area contributed by atoms with E-state index in [1.54, 1.807) is 0 Å². The van der Waals surface area contributed by atoms with Crippen molar-refractivity contribution in [3.8, 4) is 0 Å². The number of hydrogen-bond donors (Lipinski definition) is 1. The van der Waals surface area contributed by atoms with E-state index in [0.29, 0.717) is 6.04 Å². The van der Waals surface area contributed by atoms with Crippen LogP contribution < -0.4 is 5.32 Å². The molecule has 0 unspecified atom stereocenters. The standard InChI is InChI=1S/C14H22N2/c1-3-4-6-11-8-9-12-7-5-10-16-14(12)13(11)15-2/h5,7,10-11,13,15H,3-4,6,8-9H2,1-2H3/t11-,13-/m0/s1. The number of aryl methyl sites for hydroxylation is 1. The summed E-state index contributed by atoms with van der Waals surface area (Å²) in [6.07, 6.45) is 8.40. The maximum absolute atomic E-state index is 4.57. The molecule has 2 rings (SSSR count). The highest BCUT2D eigenvalue weighted by Crippen LogP contribution is 2.35. The van der Waals surface area contributed by atoms with Gasteiger partial charge in [-0.15, -0.1) is 0 Å². The average Bonchev–Trinajstić information content (AvgIpc) is 2.35. The second kappa shape index (κ2) is 5.44. The number of nitrogens with one attached hydrogen (secondary N) is 1. The van der Waals surface area contributed by atoms with Gasteiger partial charge < -0.3 is 5.32 Å². The van der Waals surface area contributed by atoms with Crippen molar-refractivity contribution >= 4 is 0 Å². The minimum atomic E-state index is 0.469. The van der Waals surface area contributed by atoms with Crippen LogP contribution in [0.1, 0.15) is 49.9 Å². The maximum Gasteiger partial charge on any atom is 0.0607 e. The number of nitrogens with zero attached hydrogens (tertiary/aromatic N) is 1. The Bertz CT molecular complexity index is 335. The summed E-state index contributed by atoms with van der Waals surface area (Å²) in [7, 11) is 2.06. The molecule has 1 aromatic heterocycles. The van der Waals surface area contributed by atoms with Crippen LogP contribution in [-0.2, 0) is 6.42 Å². The highest BCUT2D eigenvalue weighted by atomic mass is 14.9. The zero-order valence-corrected chi connectivity index (χ0v) is 10.4. The Hall–Kier alpha value is -0.890. The Morgan fingerprint density at radius 3 is 3.12 bits per heavy atom. The molecule has 0 saturated heterocycles. The molecule has 0 aliphatic heterocycles.